The van der Waals surface area contributed by atoms with Crippen LogP contribution in [0.2, 0.25) is 0 Å². The summed E-state index contributed by atoms with van der Waals surface area (Å²) in [5.41, 5.74) is 2.54. The van der Waals surface area contributed by atoms with Gasteiger partial charge in [-0.15, -0.1) is 0 Å². The molecule has 2 unspecified atom stereocenters. The highest BCUT2D eigenvalue weighted by Gasteiger charge is 2.37. The molecule has 1 aromatic rings. The summed E-state index contributed by atoms with van der Waals surface area (Å²) in [6, 6.07) is 4.09. The van der Waals surface area contributed by atoms with Gasteiger partial charge in [0.1, 0.15) is 5.75 Å². The van der Waals surface area contributed by atoms with Gasteiger partial charge in [-0.2, -0.15) is 0 Å². The van der Waals surface area contributed by atoms with Crippen LogP contribution in [0, 0.1) is 0 Å². The van der Waals surface area contributed by atoms with Gasteiger partial charge in [-0.05, 0) is 54.4 Å². The van der Waals surface area contributed by atoms with Gasteiger partial charge in [-0.3, -0.25) is 0 Å². The summed E-state index contributed by atoms with van der Waals surface area (Å²) in [7, 11) is 0. The Bertz CT molecular complexity index is 543. The SMILES string of the molecule is CC1CCOC(C)(c2cc(C(C)(C)C)c(O)c(C(C)(C)C)c2)O1. The van der Waals surface area contributed by atoms with Gasteiger partial charge in [0, 0.05) is 5.56 Å². The van der Waals surface area contributed by atoms with Crippen LogP contribution >= 0.6 is 0 Å². The fourth-order valence-corrected chi connectivity index (χ4v) is 3.09. The molecule has 1 fully saturated rings. The molecule has 3 nitrogen and oxygen atoms in total. The van der Waals surface area contributed by atoms with Crippen molar-refractivity contribution in [3.8, 4) is 5.75 Å². The molecule has 2 atom stereocenters. The van der Waals surface area contributed by atoms with Crippen molar-refractivity contribution in [2.45, 2.75) is 84.5 Å². The molecule has 0 saturated carbocycles. The summed E-state index contributed by atoms with van der Waals surface area (Å²) in [5, 5.41) is 10.8. The van der Waals surface area contributed by atoms with Gasteiger partial charge >= 0.3 is 0 Å². The van der Waals surface area contributed by atoms with Gasteiger partial charge in [0.15, 0.2) is 5.79 Å². The van der Waals surface area contributed by atoms with Gasteiger partial charge in [0.2, 0.25) is 0 Å². The molecule has 0 radical (unpaired) electrons. The van der Waals surface area contributed by atoms with E-state index in [9.17, 15) is 5.11 Å². The first-order chi connectivity index (χ1) is 10.3. The first-order valence-corrected chi connectivity index (χ1v) is 8.55. The lowest BCUT2D eigenvalue weighted by Gasteiger charge is -2.39. The average Bonchev–Trinajstić information content (AvgIpc) is 2.35. The van der Waals surface area contributed by atoms with Crippen LogP contribution in [0.25, 0.3) is 0 Å². The molecular formula is C20H32O3. The molecule has 1 N–H and O–H groups in total. The van der Waals surface area contributed by atoms with Gasteiger partial charge in [0.05, 0.1) is 12.7 Å². The summed E-state index contributed by atoms with van der Waals surface area (Å²) in [6.07, 6.45) is 1.07. The summed E-state index contributed by atoms with van der Waals surface area (Å²) in [4.78, 5) is 0. The maximum absolute atomic E-state index is 10.8. The predicted molar refractivity (Wildman–Crippen MR) is 94.0 cm³/mol. The molecule has 1 aliphatic rings. The minimum absolute atomic E-state index is 0.156. The van der Waals surface area contributed by atoms with E-state index in [0.29, 0.717) is 12.4 Å². The molecule has 0 aromatic heterocycles. The first-order valence-electron chi connectivity index (χ1n) is 8.55. The van der Waals surface area contributed by atoms with Crippen molar-refractivity contribution in [1.29, 1.82) is 0 Å². The fourth-order valence-electron chi connectivity index (χ4n) is 3.09. The molecule has 2 rings (SSSR count). The van der Waals surface area contributed by atoms with Crippen LogP contribution in [0.15, 0.2) is 12.1 Å². The fraction of sp³-hybridized carbons (Fsp3) is 0.700. The van der Waals surface area contributed by atoms with E-state index in [2.05, 4.69) is 48.5 Å². The molecule has 1 aliphatic heterocycles. The Labute approximate surface area is 141 Å². The average molecular weight is 320 g/mol. The maximum atomic E-state index is 10.8. The third kappa shape index (κ3) is 3.72. The summed E-state index contributed by atoms with van der Waals surface area (Å²) >= 11 is 0. The zero-order chi connectivity index (χ0) is 17.6. The summed E-state index contributed by atoms with van der Waals surface area (Å²) < 4.78 is 12.1. The third-order valence-corrected chi connectivity index (χ3v) is 4.58. The second-order valence-corrected chi connectivity index (χ2v) is 8.93. The van der Waals surface area contributed by atoms with Crippen molar-refractivity contribution in [3.63, 3.8) is 0 Å². The molecule has 0 amide bonds. The largest absolute Gasteiger partial charge is 0.507 e. The molecule has 1 aromatic carbocycles. The quantitative estimate of drug-likeness (QED) is 0.792. The smallest absolute Gasteiger partial charge is 0.192 e. The van der Waals surface area contributed by atoms with Crippen LogP contribution < -0.4 is 0 Å². The standard InChI is InChI=1S/C20H32O3/c1-13-9-10-22-20(8,23-13)14-11-15(18(2,3)4)17(21)16(12-14)19(5,6)7/h11-13,21H,9-10H2,1-8H3. The molecule has 23 heavy (non-hydrogen) atoms. The van der Waals surface area contributed by atoms with E-state index in [-0.39, 0.29) is 16.9 Å². The normalized spacial score (nSPS) is 26.3. The highest BCUT2D eigenvalue weighted by Crippen LogP contribution is 2.43. The Hall–Kier alpha value is -1.06. The Morgan fingerprint density at radius 2 is 1.52 bits per heavy atom. The predicted octanol–water partition coefficient (Wildman–Crippen LogP) is 4.99. The minimum atomic E-state index is -0.759. The highest BCUT2D eigenvalue weighted by molar-refractivity contribution is 5.50. The lowest BCUT2D eigenvalue weighted by atomic mass is 9.77. The van der Waals surface area contributed by atoms with Crippen molar-refractivity contribution >= 4 is 0 Å². The zero-order valence-electron chi connectivity index (χ0n) is 15.9. The Morgan fingerprint density at radius 3 is 1.91 bits per heavy atom. The summed E-state index contributed by atoms with van der Waals surface area (Å²) in [5.74, 6) is -0.369. The number of aromatic hydroxyl groups is 1. The molecule has 0 spiro atoms. The zero-order valence-corrected chi connectivity index (χ0v) is 15.9. The van der Waals surface area contributed by atoms with Crippen molar-refractivity contribution < 1.29 is 14.6 Å². The molecule has 3 heteroatoms. The number of rotatable bonds is 1. The lowest BCUT2D eigenvalue weighted by molar-refractivity contribution is -0.288. The topological polar surface area (TPSA) is 38.7 Å². The number of phenols is 1. The number of ether oxygens (including phenoxy) is 2. The van der Waals surface area contributed by atoms with Gasteiger partial charge < -0.3 is 14.6 Å². The Kier molecular flexibility index (Phi) is 4.60. The lowest BCUT2D eigenvalue weighted by Crippen LogP contribution is -2.39. The summed E-state index contributed by atoms with van der Waals surface area (Å²) in [6.45, 7) is 17.4. The highest BCUT2D eigenvalue weighted by atomic mass is 16.7. The van der Waals surface area contributed by atoms with E-state index in [0.717, 1.165) is 23.1 Å². The maximum Gasteiger partial charge on any atom is 0.192 e. The monoisotopic (exact) mass is 320 g/mol. The van der Waals surface area contributed by atoms with Crippen LogP contribution in [-0.4, -0.2) is 17.8 Å². The van der Waals surface area contributed by atoms with E-state index in [1.165, 1.54) is 0 Å². The van der Waals surface area contributed by atoms with Crippen molar-refractivity contribution in [3.05, 3.63) is 28.8 Å². The number of hydrogen-bond donors (Lipinski definition) is 1. The minimum Gasteiger partial charge on any atom is -0.507 e. The van der Waals surface area contributed by atoms with Crippen LogP contribution in [0.3, 0.4) is 0 Å². The van der Waals surface area contributed by atoms with Crippen LogP contribution in [-0.2, 0) is 26.1 Å². The second-order valence-electron chi connectivity index (χ2n) is 8.93. The van der Waals surface area contributed by atoms with E-state index in [4.69, 9.17) is 9.47 Å². The van der Waals surface area contributed by atoms with Crippen molar-refractivity contribution in [2.75, 3.05) is 6.61 Å². The van der Waals surface area contributed by atoms with E-state index < -0.39 is 5.79 Å². The van der Waals surface area contributed by atoms with Gasteiger partial charge in [-0.1, -0.05) is 41.5 Å². The third-order valence-electron chi connectivity index (χ3n) is 4.58. The molecule has 0 bridgehead atoms. The number of hydrogen-bond acceptors (Lipinski definition) is 3. The molecule has 0 aliphatic carbocycles. The number of benzene rings is 1. The van der Waals surface area contributed by atoms with Crippen molar-refractivity contribution in [2.24, 2.45) is 0 Å². The van der Waals surface area contributed by atoms with Crippen LogP contribution in [0.4, 0.5) is 0 Å². The van der Waals surface area contributed by atoms with E-state index >= 15 is 0 Å². The first kappa shape index (κ1) is 18.3. The van der Waals surface area contributed by atoms with Gasteiger partial charge in [-0.25, -0.2) is 0 Å². The van der Waals surface area contributed by atoms with Crippen molar-refractivity contribution in [1.82, 2.24) is 0 Å². The van der Waals surface area contributed by atoms with Crippen LogP contribution in [0.1, 0.15) is 78.5 Å². The molecule has 1 saturated heterocycles. The Balaban J connectivity index is 2.65. The van der Waals surface area contributed by atoms with E-state index in [1.807, 2.05) is 19.1 Å². The van der Waals surface area contributed by atoms with Gasteiger partial charge in [0.25, 0.3) is 0 Å². The molecular weight excluding hydrogens is 288 g/mol. The Morgan fingerprint density at radius 1 is 1.04 bits per heavy atom. The number of phenolic OH excluding ortho intramolecular Hbond substituents is 1. The van der Waals surface area contributed by atoms with E-state index in [1.54, 1.807) is 0 Å². The molecule has 130 valence electrons. The van der Waals surface area contributed by atoms with Crippen LogP contribution in [0.5, 0.6) is 5.75 Å². The second kappa shape index (κ2) is 5.78. The molecule has 1 heterocycles.